The summed E-state index contributed by atoms with van der Waals surface area (Å²) in [5.74, 6) is 0. The molecule has 22 heavy (non-hydrogen) atoms. The minimum Gasteiger partial charge on any atom is -0.301 e. The third-order valence-corrected chi connectivity index (χ3v) is 6.56. The van der Waals surface area contributed by atoms with Gasteiger partial charge in [0.1, 0.15) is 0 Å². The van der Waals surface area contributed by atoms with Gasteiger partial charge in [-0.05, 0) is 50.0 Å². The molecule has 2 atom stereocenters. The van der Waals surface area contributed by atoms with Crippen molar-refractivity contribution >= 4 is 11.3 Å². The quantitative estimate of drug-likeness (QED) is 0.854. The first-order valence-electron chi connectivity index (χ1n) is 8.28. The summed E-state index contributed by atoms with van der Waals surface area (Å²) in [4.78, 5) is 6.74. The summed E-state index contributed by atoms with van der Waals surface area (Å²) >= 11 is 1.88. The van der Waals surface area contributed by atoms with Crippen LogP contribution in [0.2, 0.25) is 0 Å². The summed E-state index contributed by atoms with van der Waals surface area (Å²) in [6, 6.07) is 16.3. The van der Waals surface area contributed by atoms with Crippen molar-refractivity contribution in [2.45, 2.75) is 30.8 Å². The normalized spacial score (nSPS) is 29.6. The molecule has 0 unspecified atom stereocenters. The maximum Gasteiger partial charge on any atom is 0.0328 e. The van der Waals surface area contributed by atoms with Crippen LogP contribution in [0.1, 0.15) is 23.3 Å². The van der Waals surface area contributed by atoms with E-state index in [1.54, 1.807) is 5.56 Å². The lowest BCUT2D eigenvalue weighted by Crippen LogP contribution is -2.54. The Labute approximate surface area is 137 Å². The topological polar surface area (TPSA) is 6.48 Å². The average molecular weight is 312 g/mol. The van der Waals surface area contributed by atoms with E-state index in [2.05, 4.69) is 64.7 Å². The van der Waals surface area contributed by atoms with Crippen LogP contribution in [-0.2, 0) is 12.0 Å². The highest BCUT2D eigenvalue weighted by molar-refractivity contribution is 7.09. The van der Waals surface area contributed by atoms with Crippen LogP contribution in [-0.4, -0.2) is 42.5 Å². The Morgan fingerprint density at radius 2 is 1.91 bits per heavy atom. The van der Waals surface area contributed by atoms with Gasteiger partial charge in [-0.15, -0.1) is 11.3 Å². The van der Waals surface area contributed by atoms with E-state index in [0.717, 1.165) is 6.54 Å². The molecule has 1 aromatic carbocycles. The van der Waals surface area contributed by atoms with Gasteiger partial charge in [0, 0.05) is 29.4 Å². The van der Waals surface area contributed by atoms with E-state index in [1.807, 2.05) is 11.3 Å². The number of benzene rings is 1. The number of hydrogen-bond acceptors (Lipinski definition) is 3. The molecule has 3 heterocycles. The molecule has 2 aliphatic rings. The molecule has 3 heteroatoms. The number of thiophene rings is 1. The second-order valence-corrected chi connectivity index (χ2v) is 7.87. The number of likely N-dealkylation sites (tertiary alicyclic amines) is 2. The molecule has 0 bridgehead atoms. The molecule has 0 aliphatic carbocycles. The summed E-state index contributed by atoms with van der Waals surface area (Å²) < 4.78 is 0. The monoisotopic (exact) mass is 312 g/mol. The molecule has 116 valence electrons. The SMILES string of the molecule is CN1CC[C@@]2(c3ccccc3)CCN(Cc3cccs3)C[C@H]12. The fourth-order valence-electron chi connectivity index (χ4n) is 4.44. The van der Waals surface area contributed by atoms with Crippen LogP contribution < -0.4 is 0 Å². The molecule has 4 rings (SSSR count). The Balaban J connectivity index is 1.57. The van der Waals surface area contributed by atoms with Crippen molar-refractivity contribution in [2.24, 2.45) is 0 Å². The molecule has 0 saturated carbocycles. The molecule has 2 nitrogen and oxygen atoms in total. The maximum atomic E-state index is 2.65. The molecule has 0 radical (unpaired) electrons. The molecule has 2 fully saturated rings. The lowest BCUT2D eigenvalue weighted by molar-refractivity contribution is 0.0924. The van der Waals surface area contributed by atoms with Crippen LogP contribution in [0.25, 0.3) is 0 Å². The standard InChI is InChI=1S/C19H24N2S/c1-20-11-9-19(16-6-3-2-4-7-16)10-12-21(15-18(19)20)14-17-8-5-13-22-17/h2-8,13,18H,9-12,14-15H2,1H3/t18-,19-/m0/s1. The summed E-state index contributed by atoms with van der Waals surface area (Å²) in [6.07, 6.45) is 2.60. The predicted octanol–water partition coefficient (Wildman–Crippen LogP) is 3.60. The lowest BCUT2D eigenvalue weighted by atomic mass is 9.69. The average Bonchev–Trinajstić information content (AvgIpc) is 3.18. The smallest absolute Gasteiger partial charge is 0.0328 e. The zero-order chi connectivity index (χ0) is 15.0. The predicted molar refractivity (Wildman–Crippen MR) is 93.4 cm³/mol. The fourth-order valence-corrected chi connectivity index (χ4v) is 5.18. The van der Waals surface area contributed by atoms with Crippen molar-refractivity contribution in [3.63, 3.8) is 0 Å². The van der Waals surface area contributed by atoms with Crippen LogP contribution in [0.15, 0.2) is 47.8 Å². The van der Waals surface area contributed by atoms with Gasteiger partial charge in [-0.25, -0.2) is 0 Å². The molecule has 2 aliphatic heterocycles. The largest absolute Gasteiger partial charge is 0.301 e. The number of hydrogen-bond donors (Lipinski definition) is 0. The Morgan fingerprint density at radius 1 is 1.09 bits per heavy atom. The fraction of sp³-hybridized carbons (Fsp3) is 0.474. The van der Waals surface area contributed by atoms with Crippen LogP contribution in [0.4, 0.5) is 0 Å². The molecule has 0 N–H and O–H groups in total. The number of piperidine rings is 1. The van der Waals surface area contributed by atoms with Crippen molar-refractivity contribution in [2.75, 3.05) is 26.7 Å². The summed E-state index contributed by atoms with van der Waals surface area (Å²) in [5, 5.41) is 2.19. The van der Waals surface area contributed by atoms with Crippen molar-refractivity contribution in [3.8, 4) is 0 Å². The molecular weight excluding hydrogens is 288 g/mol. The van der Waals surface area contributed by atoms with E-state index < -0.39 is 0 Å². The molecule has 0 spiro atoms. The van der Waals surface area contributed by atoms with Crippen LogP contribution >= 0.6 is 11.3 Å². The number of nitrogens with zero attached hydrogens (tertiary/aromatic N) is 2. The van der Waals surface area contributed by atoms with E-state index in [1.165, 1.54) is 37.4 Å². The highest BCUT2D eigenvalue weighted by Gasteiger charge is 2.49. The van der Waals surface area contributed by atoms with Crippen LogP contribution in [0.5, 0.6) is 0 Å². The molecular formula is C19H24N2S. The van der Waals surface area contributed by atoms with Crippen molar-refractivity contribution < 1.29 is 0 Å². The van der Waals surface area contributed by atoms with E-state index in [4.69, 9.17) is 0 Å². The number of likely N-dealkylation sites (N-methyl/N-ethyl adjacent to an activating group) is 1. The first-order chi connectivity index (χ1) is 10.8. The molecule has 2 aromatic rings. The van der Waals surface area contributed by atoms with Gasteiger partial charge in [-0.2, -0.15) is 0 Å². The summed E-state index contributed by atoms with van der Waals surface area (Å²) in [6.45, 7) is 4.76. The van der Waals surface area contributed by atoms with Gasteiger partial charge in [-0.1, -0.05) is 36.4 Å². The Kier molecular flexibility index (Phi) is 3.81. The van der Waals surface area contributed by atoms with E-state index >= 15 is 0 Å². The van der Waals surface area contributed by atoms with Gasteiger partial charge in [0.15, 0.2) is 0 Å². The van der Waals surface area contributed by atoms with Crippen molar-refractivity contribution in [1.82, 2.24) is 9.80 Å². The Bertz CT molecular complexity index is 610. The molecule has 1 aromatic heterocycles. The second-order valence-electron chi connectivity index (χ2n) is 6.83. The van der Waals surface area contributed by atoms with Gasteiger partial charge >= 0.3 is 0 Å². The second kappa shape index (κ2) is 5.80. The van der Waals surface area contributed by atoms with Gasteiger partial charge in [0.25, 0.3) is 0 Å². The zero-order valence-corrected chi connectivity index (χ0v) is 14.1. The minimum absolute atomic E-state index is 0.377. The first-order valence-corrected chi connectivity index (χ1v) is 9.16. The van der Waals surface area contributed by atoms with Crippen molar-refractivity contribution in [3.05, 3.63) is 58.3 Å². The van der Waals surface area contributed by atoms with Crippen LogP contribution in [0.3, 0.4) is 0 Å². The van der Waals surface area contributed by atoms with E-state index in [-0.39, 0.29) is 0 Å². The highest BCUT2D eigenvalue weighted by atomic mass is 32.1. The minimum atomic E-state index is 0.377. The van der Waals surface area contributed by atoms with Gasteiger partial charge < -0.3 is 4.90 Å². The van der Waals surface area contributed by atoms with Crippen LogP contribution in [0, 0.1) is 0 Å². The third kappa shape index (κ3) is 2.41. The first kappa shape index (κ1) is 14.4. The van der Waals surface area contributed by atoms with Gasteiger partial charge in [0.05, 0.1) is 0 Å². The third-order valence-electron chi connectivity index (χ3n) is 5.69. The summed E-state index contributed by atoms with van der Waals surface area (Å²) in [5.41, 5.74) is 1.93. The number of fused-ring (bicyclic) bond motifs is 1. The van der Waals surface area contributed by atoms with Gasteiger partial charge in [0.2, 0.25) is 0 Å². The van der Waals surface area contributed by atoms with E-state index in [0.29, 0.717) is 11.5 Å². The zero-order valence-electron chi connectivity index (χ0n) is 13.2. The maximum absolute atomic E-state index is 2.65. The molecule has 2 saturated heterocycles. The molecule has 0 amide bonds. The number of rotatable bonds is 3. The van der Waals surface area contributed by atoms with Crippen molar-refractivity contribution in [1.29, 1.82) is 0 Å². The Hall–Kier alpha value is -1.16. The highest BCUT2D eigenvalue weighted by Crippen LogP contribution is 2.45. The van der Waals surface area contributed by atoms with E-state index in [9.17, 15) is 0 Å². The van der Waals surface area contributed by atoms with Gasteiger partial charge in [-0.3, -0.25) is 4.90 Å². The Morgan fingerprint density at radius 3 is 2.68 bits per heavy atom. The summed E-state index contributed by atoms with van der Waals surface area (Å²) in [7, 11) is 2.31. The lowest BCUT2D eigenvalue weighted by Gasteiger charge is -2.46.